The quantitative estimate of drug-likeness (QED) is 0.159. The van der Waals surface area contributed by atoms with Crippen molar-refractivity contribution in [2.75, 3.05) is 6.61 Å². The third-order valence-corrected chi connectivity index (χ3v) is 5.20. The fourth-order valence-electron chi connectivity index (χ4n) is 3.66. The number of amides is 1. The van der Waals surface area contributed by atoms with Gasteiger partial charge in [-0.1, -0.05) is 10.2 Å². The second-order valence-electron chi connectivity index (χ2n) is 8.74. The van der Waals surface area contributed by atoms with Gasteiger partial charge in [0.2, 0.25) is 0 Å². The Bertz CT molecular complexity index is 783. The highest BCUT2D eigenvalue weighted by molar-refractivity contribution is 5.68. The van der Waals surface area contributed by atoms with Crippen molar-refractivity contribution in [3.63, 3.8) is 0 Å². The first-order valence-electron chi connectivity index (χ1n) is 10.2. The van der Waals surface area contributed by atoms with E-state index in [0.29, 0.717) is 0 Å². The molecular formula is C17H29N7O9. The van der Waals surface area contributed by atoms with E-state index in [-0.39, 0.29) is 6.42 Å². The Balaban J connectivity index is 2.24. The smallest absolute Gasteiger partial charge is 0.407 e. The predicted molar refractivity (Wildman–Crippen MR) is 108 cm³/mol. The van der Waals surface area contributed by atoms with Crippen LogP contribution in [0.1, 0.15) is 27.2 Å². The summed E-state index contributed by atoms with van der Waals surface area (Å²) < 4.78 is 16.2. The second kappa shape index (κ2) is 11.2. The maximum Gasteiger partial charge on any atom is 0.407 e. The number of nitrogens with zero attached hydrogens (tertiary/aromatic N) is 6. The van der Waals surface area contributed by atoms with Crippen molar-refractivity contribution in [1.82, 2.24) is 5.32 Å². The highest BCUT2D eigenvalue weighted by Gasteiger charge is 2.50. The molecule has 1 aliphatic heterocycles. The van der Waals surface area contributed by atoms with Gasteiger partial charge in [0.05, 0.1) is 30.9 Å². The maximum atomic E-state index is 12.1. The SMILES string of the molecule is CC(C)(C)OC(=O)N[C@@H]1CC(N=[N+]=[N-])[C@H](O[C@@H]2OC(CO)[C@H](O)[C@H](O)C2N=[N+]=[N-])[C@H](O)C1O. The van der Waals surface area contributed by atoms with Gasteiger partial charge >= 0.3 is 6.09 Å². The van der Waals surface area contributed by atoms with Gasteiger partial charge in [0.15, 0.2) is 6.29 Å². The molecule has 6 N–H and O–H groups in total. The fraction of sp³-hybridized carbons (Fsp3) is 0.941. The molecule has 33 heavy (non-hydrogen) atoms. The van der Waals surface area contributed by atoms with Crippen molar-refractivity contribution in [3.05, 3.63) is 20.9 Å². The minimum atomic E-state index is -1.72. The second-order valence-corrected chi connectivity index (χ2v) is 8.74. The number of ether oxygens (including phenoxy) is 3. The molecule has 0 bridgehead atoms. The highest BCUT2D eigenvalue weighted by Crippen LogP contribution is 2.31. The standard InChI is InChI=1S/C17H29N7O9/c1-17(2,3)33-16(30)20-6-4-7(21-23-18)14(13(29)10(6)26)32-15-9(22-24-19)12(28)11(27)8(5-25)31-15/h6-15,25-29H,4-5H2,1-3H3,(H,20,30)/t6-,7?,8?,9?,10?,11+,12-,13-,14+,15+/m1/s1. The van der Waals surface area contributed by atoms with E-state index in [1.165, 1.54) is 0 Å². The average molecular weight is 475 g/mol. The Morgan fingerprint density at radius 2 is 1.73 bits per heavy atom. The van der Waals surface area contributed by atoms with Crippen LogP contribution in [0.25, 0.3) is 20.9 Å². The Kier molecular flexibility index (Phi) is 9.08. The summed E-state index contributed by atoms with van der Waals surface area (Å²) in [4.78, 5) is 17.4. The van der Waals surface area contributed by atoms with Crippen molar-refractivity contribution in [2.45, 2.75) is 93.8 Å². The third kappa shape index (κ3) is 6.57. The zero-order chi connectivity index (χ0) is 24.9. The third-order valence-electron chi connectivity index (χ3n) is 5.20. The minimum Gasteiger partial charge on any atom is -0.444 e. The molecule has 1 heterocycles. The Morgan fingerprint density at radius 3 is 2.27 bits per heavy atom. The molecule has 10 atom stereocenters. The van der Waals surface area contributed by atoms with Gasteiger partial charge < -0.3 is 45.1 Å². The van der Waals surface area contributed by atoms with Crippen LogP contribution in [-0.2, 0) is 14.2 Å². The van der Waals surface area contributed by atoms with E-state index in [1.807, 2.05) is 0 Å². The Hall–Kier alpha value is -2.39. The van der Waals surface area contributed by atoms with Gasteiger partial charge in [0, 0.05) is 9.82 Å². The molecule has 1 saturated carbocycles. The number of aliphatic hydroxyl groups is 5. The molecule has 0 aromatic heterocycles. The highest BCUT2D eigenvalue weighted by atomic mass is 16.7. The Labute approximate surface area is 188 Å². The van der Waals surface area contributed by atoms with Gasteiger partial charge in [-0.2, -0.15) is 0 Å². The number of aliphatic hydroxyl groups excluding tert-OH is 5. The lowest BCUT2D eigenvalue weighted by molar-refractivity contribution is -0.294. The molecule has 1 amide bonds. The van der Waals surface area contributed by atoms with Crippen molar-refractivity contribution in [3.8, 4) is 0 Å². The number of rotatable bonds is 6. The Morgan fingerprint density at radius 1 is 1.09 bits per heavy atom. The molecule has 186 valence electrons. The molecular weight excluding hydrogens is 446 g/mol. The number of hydrogen-bond donors (Lipinski definition) is 6. The van der Waals surface area contributed by atoms with E-state index in [0.717, 1.165) is 0 Å². The molecule has 2 aliphatic rings. The fourth-order valence-corrected chi connectivity index (χ4v) is 3.66. The van der Waals surface area contributed by atoms with Gasteiger partial charge in [0.25, 0.3) is 0 Å². The monoisotopic (exact) mass is 475 g/mol. The summed E-state index contributed by atoms with van der Waals surface area (Å²) in [5, 5.41) is 60.2. The summed E-state index contributed by atoms with van der Waals surface area (Å²) in [6, 6.07) is -3.69. The van der Waals surface area contributed by atoms with E-state index >= 15 is 0 Å². The summed E-state index contributed by atoms with van der Waals surface area (Å²) >= 11 is 0. The molecule has 1 saturated heterocycles. The zero-order valence-electron chi connectivity index (χ0n) is 18.2. The lowest BCUT2D eigenvalue weighted by atomic mass is 9.84. The molecule has 2 fully saturated rings. The molecule has 0 aromatic rings. The van der Waals surface area contributed by atoms with Gasteiger partial charge in [-0.3, -0.25) is 0 Å². The van der Waals surface area contributed by atoms with Gasteiger partial charge in [0.1, 0.15) is 36.1 Å². The number of carbonyl (C=O) groups excluding carboxylic acids is 1. The molecule has 0 spiro atoms. The van der Waals surface area contributed by atoms with Crippen molar-refractivity contribution < 1.29 is 44.5 Å². The van der Waals surface area contributed by atoms with Crippen LogP contribution in [0.5, 0.6) is 0 Å². The molecule has 4 unspecified atom stereocenters. The van der Waals surface area contributed by atoms with E-state index in [4.69, 9.17) is 25.3 Å². The number of alkyl carbamates (subject to hydrolysis) is 1. The molecule has 0 aromatic carbocycles. The maximum absolute atomic E-state index is 12.1. The van der Waals surface area contributed by atoms with E-state index < -0.39 is 79.3 Å². The van der Waals surface area contributed by atoms with E-state index in [9.17, 15) is 30.3 Å². The number of carbonyl (C=O) groups is 1. The predicted octanol–water partition coefficient (Wildman–Crippen LogP) is -0.813. The van der Waals surface area contributed by atoms with Crippen LogP contribution in [0.4, 0.5) is 4.79 Å². The first-order chi connectivity index (χ1) is 15.4. The van der Waals surface area contributed by atoms with Crippen molar-refractivity contribution in [2.24, 2.45) is 10.2 Å². The molecule has 16 nitrogen and oxygen atoms in total. The zero-order valence-corrected chi connectivity index (χ0v) is 18.2. The lowest BCUT2D eigenvalue weighted by Crippen LogP contribution is -2.64. The average Bonchev–Trinajstić information content (AvgIpc) is 2.72. The first kappa shape index (κ1) is 26.9. The minimum absolute atomic E-state index is 0.167. The van der Waals surface area contributed by atoms with Crippen LogP contribution in [0.15, 0.2) is 10.2 Å². The number of nitrogens with one attached hydrogen (secondary N) is 1. The van der Waals surface area contributed by atoms with Crippen LogP contribution in [0.3, 0.4) is 0 Å². The summed E-state index contributed by atoms with van der Waals surface area (Å²) in [6.07, 6.45) is -11.9. The molecule has 0 radical (unpaired) electrons. The number of hydrogen-bond acceptors (Lipinski definition) is 11. The van der Waals surface area contributed by atoms with E-state index in [2.05, 4.69) is 25.4 Å². The van der Waals surface area contributed by atoms with Crippen LogP contribution in [0, 0.1) is 0 Å². The molecule has 16 heteroatoms. The topological polar surface area (TPSA) is 255 Å². The lowest BCUT2D eigenvalue weighted by Gasteiger charge is -2.45. The summed E-state index contributed by atoms with van der Waals surface area (Å²) in [5.74, 6) is 0. The van der Waals surface area contributed by atoms with Gasteiger partial charge in [-0.05, 0) is 38.3 Å². The van der Waals surface area contributed by atoms with Crippen LogP contribution < -0.4 is 5.32 Å². The summed E-state index contributed by atoms with van der Waals surface area (Å²) in [5.41, 5.74) is 16.9. The van der Waals surface area contributed by atoms with Crippen LogP contribution in [-0.4, -0.2) is 105 Å². The van der Waals surface area contributed by atoms with Crippen LogP contribution >= 0.6 is 0 Å². The number of azide groups is 2. The summed E-state index contributed by atoms with van der Waals surface area (Å²) in [6.45, 7) is 4.21. The van der Waals surface area contributed by atoms with Crippen LogP contribution in [0.2, 0.25) is 0 Å². The van der Waals surface area contributed by atoms with Gasteiger partial charge in [-0.25, -0.2) is 4.79 Å². The van der Waals surface area contributed by atoms with Gasteiger partial charge in [-0.15, -0.1) is 0 Å². The summed E-state index contributed by atoms with van der Waals surface area (Å²) in [7, 11) is 0. The molecule has 2 rings (SSSR count). The molecule has 1 aliphatic carbocycles. The van der Waals surface area contributed by atoms with Crippen molar-refractivity contribution in [1.29, 1.82) is 0 Å². The van der Waals surface area contributed by atoms with Crippen molar-refractivity contribution >= 4 is 6.09 Å². The normalized spacial score (nSPS) is 39.0. The first-order valence-corrected chi connectivity index (χ1v) is 10.2. The largest absolute Gasteiger partial charge is 0.444 e. The van der Waals surface area contributed by atoms with E-state index in [1.54, 1.807) is 20.8 Å².